The second-order valence-corrected chi connectivity index (χ2v) is 7.22. The van der Waals surface area contributed by atoms with Crippen molar-refractivity contribution in [1.29, 1.82) is 0 Å². The van der Waals surface area contributed by atoms with Gasteiger partial charge >= 0.3 is 14.5 Å². The number of rotatable bonds is 11. The van der Waals surface area contributed by atoms with Gasteiger partial charge < -0.3 is 3.79 Å². The zero-order chi connectivity index (χ0) is 11.4. The zero-order valence-electron chi connectivity index (χ0n) is 11.1. The Morgan fingerprint density at radius 1 is 0.733 bits per heavy atom. The van der Waals surface area contributed by atoms with Crippen LogP contribution in [0, 0.1) is 0 Å². The van der Waals surface area contributed by atoms with E-state index in [1.807, 2.05) is 0 Å². The van der Waals surface area contributed by atoms with Crippen molar-refractivity contribution >= 4 is 14.5 Å². The molecule has 0 heterocycles. The molecule has 0 unspecified atom stereocenters. The topological polar surface area (TPSA) is 9.23 Å². The quantitative estimate of drug-likeness (QED) is 0.365. The standard InChI is InChI=1S/C5H11O.2C4H9.Al/c1-2-3-4-5-6;2*1-3-4-2;/h2-5H2,1H3;2*1,3-4H2,2H3;/q-1;;;+1. The van der Waals surface area contributed by atoms with Crippen LogP contribution in [0.4, 0.5) is 0 Å². The highest BCUT2D eigenvalue weighted by atomic mass is 27.2. The minimum atomic E-state index is -0.812. The van der Waals surface area contributed by atoms with Crippen molar-refractivity contribution in [3.8, 4) is 0 Å². The van der Waals surface area contributed by atoms with E-state index in [0.29, 0.717) is 0 Å². The average Bonchev–Trinajstić information content (AvgIpc) is 2.27. The first-order valence-corrected chi connectivity index (χ1v) is 9.07. The highest BCUT2D eigenvalue weighted by molar-refractivity contribution is 6.51. The minimum absolute atomic E-state index is 0.812. The average molecular weight is 228 g/mol. The van der Waals surface area contributed by atoms with Gasteiger partial charge in [-0.1, -0.05) is 69.9 Å². The van der Waals surface area contributed by atoms with E-state index < -0.39 is 14.5 Å². The van der Waals surface area contributed by atoms with Gasteiger partial charge in [-0.2, -0.15) is 0 Å². The van der Waals surface area contributed by atoms with Crippen LogP contribution >= 0.6 is 0 Å². The van der Waals surface area contributed by atoms with Crippen molar-refractivity contribution in [2.45, 2.75) is 76.3 Å². The van der Waals surface area contributed by atoms with E-state index in [2.05, 4.69) is 20.8 Å². The highest BCUT2D eigenvalue weighted by Gasteiger charge is 2.18. The monoisotopic (exact) mass is 228 g/mol. The molecule has 90 valence electrons. The Hall–Kier alpha value is 0.492. The second-order valence-electron chi connectivity index (χ2n) is 4.48. The fraction of sp³-hybridized carbons (Fsp3) is 1.00. The van der Waals surface area contributed by atoms with E-state index in [1.54, 1.807) is 0 Å². The first kappa shape index (κ1) is 15.5. The lowest BCUT2D eigenvalue weighted by Gasteiger charge is -2.12. The van der Waals surface area contributed by atoms with E-state index in [-0.39, 0.29) is 0 Å². The Morgan fingerprint density at radius 3 is 1.73 bits per heavy atom. The lowest BCUT2D eigenvalue weighted by atomic mass is 10.3. The van der Waals surface area contributed by atoms with Crippen molar-refractivity contribution in [3.63, 3.8) is 0 Å². The van der Waals surface area contributed by atoms with Crippen LogP contribution in [0.1, 0.15) is 65.7 Å². The van der Waals surface area contributed by atoms with Crippen LogP contribution in [-0.4, -0.2) is 21.1 Å². The van der Waals surface area contributed by atoms with Crippen LogP contribution in [0.15, 0.2) is 0 Å². The van der Waals surface area contributed by atoms with Gasteiger partial charge in [0.05, 0.1) is 0 Å². The molecular weight excluding hydrogens is 199 g/mol. The molecule has 0 aliphatic rings. The number of hydrogen-bond donors (Lipinski definition) is 0. The molecule has 0 aromatic rings. The molecule has 2 heteroatoms. The molecule has 0 amide bonds. The number of hydrogen-bond acceptors (Lipinski definition) is 1. The molecule has 0 fully saturated rings. The predicted octanol–water partition coefficient (Wildman–Crippen LogP) is 4.78. The van der Waals surface area contributed by atoms with Crippen molar-refractivity contribution in [2.24, 2.45) is 0 Å². The van der Waals surface area contributed by atoms with E-state index in [9.17, 15) is 0 Å². The van der Waals surface area contributed by atoms with Crippen molar-refractivity contribution in [2.75, 3.05) is 6.61 Å². The van der Waals surface area contributed by atoms with Gasteiger partial charge in [-0.05, 0) is 6.42 Å². The Balaban J connectivity index is 3.49. The minimum Gasteiger partial charge on any atom is -0.501 e. The van der Waals surface area contributed by atoms with Crippen molar-refractivity contribution < 1.29 is 3.79 Å². The molecule has 0 saturated carbocycles. The van der Waals surface area contributed by atoms with E-state index >= 15 is 0 Å². The maximum atomic E-state index is 6.09. The molecule has 1 nitrogen and oxygen atoms in total. The maximum absolute atomic E-state index is 6.09. The Labute approximate surface area is 101 Å². The van der Waals surface area contributed by atoms with Crippen LogP contribution in [-0.2, 0) is 3.79 Å². The molecule has 0 aliphatic heterocycles. The molecule has 0 spiro atoms. The Bertz CT molecular complexity index is 109. The lowest BCUT2D eigenvalue weighted by molar-refractivity contribution is 0.304. The summed E-state index contributed by atoms with van der Waals surface area (Å²) in [5.41, 5.74) is 0. The first-order valence-electron chi connectivity index (χ1n) is 6.96. The van der Waals surface area contributed by atoms with Crippen LogP contribution in [0.2, 0.25) is 10.6 Å². The Morgan fingerprint density at radius 2 is 1.27 bits per heavy atom. The summed E-state index contributed by atoms with van der Waals surface area (Å²) >= 11 is -0.812. The molecule has 0 rings (SSSR count). The van der Waals surface area contributed by atoms with Gasteiger partial charge in [0.2, 0.25) is 0 Å². The summed E-state index contributed by atoms with van der Waals surface area (Å²) in [5.74, 6) is 0. The molecule has 0 saturated heterocycles. The molecule has 0 aliphatic carbocycles. The smallest absolute Gasteiger partial charge is 0.460 e. The molecule has 0 bridgehead atoms. The summed E-state index contributed by atoms with van der Waals surface area (Å²) in [6.07, 6.45) is 9.34. The summed E-state index contributed by atoms with van der Waals surface area (Å²) in [7, 11) is 0. The third-order valence-electron chi connectivity index (χ3n) is 2.86. The predicted molar refractivity (Wildman–Crippen MR) is 70.7 cm³/mol. The highest BCUT2D eigenvalue weighted by Crippen LogP contribution is 2.11. The van der Waals surface area contributed by atoms with Crippen LogP contribution in [0.25, 0.3) is 0 Å². The SMILES string of the molecule is CCCCC[O][Al]([CH2]CCC)[CH2]CCC. The van der Waals surface area contributed by atoms with Gasteiger partial charge in [-0.15, -0.1) is 0 Å². The summed E-state index contributed by atoms with van der Waals surface area (Å²) in [6, 6.07) is 0. The normalized spacial score (nSPS) is 10.6. The van der Waals surface area contributed by atoms with Crippen molar-refractivity contribution in [3.05, 3.63) is 0 Å². The fourth-order valence-electron chi connectivity index (χ4n) is 1.78. The van der Waals surface area contributed by atoms with Gasteiger partial charge in [-0.25, -0.2) is 0 Å². The van der Waals surface area contributed by atoms with Gasteiger partial charge in [0.15, 0.2) is 0 Å². The zero-order valence-corrected chi connectivity index (χ0v) is 12.2. The molecule has 0 radical (unpaired) electrons. The van der Waals surface area contributed by atoms with Gasteiger partial charge in [0.25, 0.3) is 0 Å². The summed E-state index contributed by atoms with van der Waals surface area (Å²) in [6.45, 7) is 7.85. The molecule has 0 aromatic heterocycles. The van der Waals surface area contributed by atoms with Gasteiger partial charge in [0, 0.05) is 6.61 Å². The summed E-state index contributed by atoms with van der Waals surface area (Å²) in [4.78, 5) is 0. The molecule has 0 atom stereocenters. The molecular formula is C13H29AlO. The third kappa shape index (κ3) is 10.8. The van der Waals surface area contributed by atoms with E-state index in [1.165, 1.54) is 55.5 Å². The van der Waals surface area contributed by atoms with Gasteiger partial charge in [-0.3, -0.25) is 0 Å². The van der Waals surface area contributed by atoms with Gasteiger partial charge in [0.1, 0.15) is 0 Å². The molecule has 15 heavy (non-hydrogen) atoms. The molecule has 0 aromatic carbocycles. The maximum Gasteiger partial charge on any atom is 0.460 e. The summed E-state index contributed by atoms with van der Waals surface area (Å²) < 4.78 is 6.09. The third-order valence-corrected chi connectivity index (χ3v) is 5.67. The van der Waals surface area contributed by atoms with E-state index in [0.717, 1.165) is 6.61 Å². The molecule has 0 N–H and O–H groups in total. The summed E-state index contributed by atoms with van der Waals surface area (Å²) in [5, 5.41) is 2.81. The first-order chi connectivity index (χ1) is 7.35. The largest absolute Gasteiger partial charge is 0.501 e. The van der Waals surface area contributed by atoms with Crippen LogP contribution in [0.5, 0.6) is 0 Å². The van der Waals surface area contributed by atoms with Crippen LogP contribution < -0.4 is 0 Å². The van der Waals surface area contributed by atoms with Crippen LogP contribution in [0.3, 0.4) is 0 Å². The van der Waals surface area contributed by atoms with E-state index in [4.69, 9.17) is 3.79 Å². The fourth-order valence-corrected chi connectivity index (χ4v) is 4.63. The Kier molecular flexibility index (Phi) is 13.0. The second kappa shape index (κ2) is 12.6. The number of unbranched alkanes of at least 4 members (excludes halogenated alkanes) is 4. The lowest BCUT2D eigenvalue weighted by Crippen LogP contribution is -2.18. The van der Waals surface area contributed by atoms with Crippen molar-refractivity contribution in [1.82, 2.24) is 0 Å².